The average molecular weight is 231 g/mol. The van der Waals surface area contributed by atoms with Crippen LogP contribution in [0.3, 0.4) is 0 Å². The van der Waals surface area contributed by atoms with Gasteiger partial charge >= 0.3 is 12.1 Å². The smallest absolute Gasteiger partial charge is 0.418 e. The molecule has 1 heterocycles. The summed E-state index contributed by atoms with van der Waals surface area (Å²) in [7, 11) is 0. The Morgan fingerprint density at radius 1 is 1.50 bits per heavy atom. The molecule has 16 heavy (non-hydrogen) atoms. The average Bonchev–Trinajstić information content (AvgIpc) is 2.95. The molecule has 1 aliphatic carbocycles. The molecule has 0 saturated heterocycles. The maximum atomic E-state index is 12.6. The first-order chi connectivity index (χ1) is 7.41. The summed E-state index contributed by atoms with van der Waals surface area (Å²) in [4.78, 5) is 14.0. The zero-order valence-corrected chi connectivity index (χ0v) is 8.03. The van der Waals surface area contributed by atoms with Gasteiger partial charge in [-0.2, -0.15) is 13.2 Å². The third-order valence-corrected chi connectivity index (χ3v) is 2.67. The van der Waals surface area contributed by atoms with Crippen molar-refractivity contribution in [3.8, 4) is 0 Å². The molecule has 0 aliphatic heterocycles. The second-order valence-corrected chi connectivity index (χ2v) is 3.75. The van der Waals surface area contributed by atoms with E-state index in [0.717, 1.165) is 6.20 Å². The van der Waals surface area contributed by atoms with Crippen LogP contribution in [0.1, 0.15) is 23.5 Å². The van der Waals surface area contributed by atoms with Crippen molar-refractivity contribution in [2.75, 3.05) is 0 Å². The van der Waals surface area contributed by atoms with E-state index in [-0.39, 0.29) is 12.0 Å². The molecule has 6 heteroatoms. The summed E-state index contributed by atoms with van der Waals surface area (Å²) in [6, 6.07) is 1.25. The van der Waals surface area contributed by atoms with Crippen molar-refractivity contribution in [1.29, 1.82) is 0 Å². The van der Waals surface area contributed by atoms with Gasteiger partial charge in [0.2, 0.25) is 0 Å². The maximum absolute atomic E-state index is 12.6. The number of halogens is 3. The fraction of sp³-hybridized carbons (Fsp3) is 0.400. The number of nitrogens with zero attached hydrogens (tertiary/aromatic N) is 1. The van der Waals surface area contributed by atoms with Crippen LogP contribution in [0.15, 0.2) is 18.5 Å². The molecule has 1 aromatic heterocycles. The van der Waals surface area contributed by atoms with Crippen LogP contribution in [0, 0.1) is 5.92 Å². The molecule has 1 aromatic rings. The van der Waals surface area contributed by atoms with Gasteiger partial charge in [0.15, 0.2) is 0 Å². The fourth-order valence-electron chi connectivity index (χ4n) is 1.78. The molecular weight excluding hydrogens is 223 g/mol. The van der Waals surface area contributed by atoms with Crippen molar-refractivity contribution in [1.82, 2.24) is 4.98 Å². The lowest BCUT2D eigenvalue weighted by atomic mass is 10.0. The van der Waals surface area contributed by atoms with Crippen LogP contribution in [0.4, 0.5) is 13.2 Å². The molecule has 1 aliphatic rings. The number of hydrogen-bond donors (Lipinski definition) is 1. The highest BCUT2D eigenvalue weighted by molar-refractivity contribution is 5.75. The minimum absolute atomic E-state index is 0.0369. The van der Waals surface area contributed by atoms with E-state index in [1.807, 2.05) is 0 Å². The highest BCUT2D eigenvalue weighted by Gasteiger charge is 2.48. The van der Waals surface area contributed by atoms with Gasteiger partial charge in [0.25, 0.3) is 0 Å². The molecule has 0 bridgehead atoms. The van der Waals surface area contributed by atoms with Crippen LogP contribution in [0.25, 0.3) is 0 Å². The van der Waals surface area contributed by atoms with Crippen LogP contribution >= 0.6 is 0 Å². The minimum atomic E-state index is -4.48. The van der Waals surface area contributed by atoms with Gasteiger partial charge in [-0.3, -0.25) is 9.78 Å². The van der Waals surface area contributed by atoms with Gasteiger partial charge in [-0.1, -0.05) is 0 Å². The Morgan fingerprint density at radius 3 is 2.69 bits per heavy atom. The number of pyridine rings is 1. The van der Waals surface area contributed by atoms with Crippen LogP contribution < -0.4 is 0 Å². The van der Waals surface area contributed by atoms with Gasteiger partial charge in [0.05, 0.1) is 11.5 Å². The van der Waals surface area contributed by atoms with Gasteiger partial charge in [-0.25, -0.2) is 0 Å². The Hall–Kier alpha value is -1.59. The molecule has 0 aromatic carbocycles. The molecular formula is C10H8F3NO2. The van der Waals surface area contributed by atoms with Gasteiger partial charge in [0, 0.05) is 12.4 Å². The molecule has 0 amide bonds. The monoisotopic (exact) mass is 231 g/mol. The van der Waals surface area contributed by atoms with Crippen LogP contribution in [-0.4, -0.2) is 16.1 Å². The van der Waals surface area contributed by atoms with Crippen molar-refractivity contribution in [3.63, 3.8) is 0 Å². The van der Waals surface area contributed by atoms with Crippen molar-refractivity contribution in [3.05, 3.63) is 29.6 Å². The van der Waals surface area contributed by atoms with Crippen molar-refractivity contribution in [2.24, 2.45) is 5.92 Å². The number of aliphatic carboxylic acids is 1. The van der Waals surface area contributed by atoms with Crippen molar-refractivity contribution < 1.29 is 23.1 Å². The molecule has 1 N–H and O–H groups in total. The number of rotatable bonds is 2. The van der Waals surface area contributed by atoms with Gasteiger partial charge in [0.1, 0.15) is 0 Å². The number of hydrogen-bond acceptors (Lipinski definition) is 2. The summed E-state index contributed by atoms with van der Waals surface area (Å²) in [6.07, 6.45) is -2.22. The van der Waals surface area contributed by atoms with E-state index in [0.29, 0.717) is 0 Å². The van der Waals surface area contributed by atoms with Crippen LogP contribution in [-0.2, 0) is 11.0 Å². The molecule has 1 saturated carbocycles. The molecule has 0 radical (unpaired) electrons. The molecule has 2 unspecified atom stereocenters. The lowest BCUT2D eigenvalue weighted by molar-refractivity contribution is -0.140. The second-order valence-electron chi connectivity index (χ2n) is 3.75. The Balaban J connectivity index is 2.33. The van der Waals surface area contributed by atoms with Crippen LogP contribution in [0.5, 0.6) is 0 Å². The maximum Gasteiger partial charge on any atom is 0.418 e. The summed E-state index contributed by atoms with van der Waals surface area (Å²) in [6.45, 7) is 0. The largest absolute Gasteiger partial charge is 0.481 e. The molecule has 86 valence electrons. The Labute approximate surface area is 88.9 Å². The Morgan fingerprint density at radius 2 is 2.19 bits per heavy atom. The number of carboxylic acids is 1. The predicted octanol–water partition coefficient (Wildman–Crippen LogP) is 2.29. The third-order valence-electron chi connectivity index (χ3n) is 2.67. The number of alkyl halides is 3. The molecule has 2 atom stereocenters. The number of carbonyl (C=O) groups is 1. The quantitative estimate of drug-likeness (QED) is 0.849. The summed E-state index contributed by atoms with van der Waals surface area (Å²) >= 11 is 0. The van der Waals surface area contributed by atoms with E-state index in [4.69, 9.17) is 5.11 Å². The number of aromatic nitrogens is 1. The molecule has 1 fully saturated rings. The van der Waals surface area contributed by atoms with Crippen LogP contribution in [0.2, 0.25) is 0 Å². The van der Waals surface area contributed by atoms with E-state index in [1.54, 1.807) is 0 Å². The number of carboxylic acid groups (broad SMARTS) is 1. The van der Waals surface area contributed by atoms with Gasteiger partial charge in [-0.05, 0) is 24.0 Å². The summed E-state index contributed by atoms with van der Waals surface area (Å²) in [5.41, 5.74) is -0.793. The zero-order chi connectivity index (χ0) is 11.9. The zero-order valence-electron chi connectivity index (χ0n) is 8.03. The minimum Gasteiger partial charge on any atom is -0.481 e. The molecule has 3 nitrogen and oxygen atoms in total. The van der Waals surface area contributed by atoms with Gasteiger partial charge < -0.3 is 5.11 Å². The van der Waals surface area contributed by atoms with E-state index in [9.17, 15) is 18.0 Å². The first-order valence-corrected chi connectivity index (χ1v) is 4.65. The lowest BCUT2D eigenvalue weighted by Gasteiger charge is -2.11. The first-order valence-electron chi connectivity index (χ1n) is 4.65. The highest BCUT2D eigenvalue weighted by Crippen LogP contribution is 2.50. The predicted molar refractivity (Wildman–Crippen MR) is 47.7 cm³/mol. The topological polar surface area (TPSA) is 50.2 Å². The lowest BCUT2D eigenvalue weighted by Crippen LogP contribution is -2.10. The Kier molecular flexibility index (Phi) is 2.36. The fourth-order valence-corrected chi connectivity index (χ4v) is 1.78. The summed E-state index contributed by atoms with van der Waals surface area (Å²) in [5, 5.41) is 8.68. The first kappa shape index (κ1) is 10.9. The molecule has 2 rings (SSSR count). The third kappa shape index (κ3) is 1.87. The Bertz CT molecular complexity index is 430. The standard InChI is InChI=1S/C10H8F3NO2/c11-10(12,13)8-4-14-2-1-5(8)6-3-7(6)9(15)16/h1-2,4,6-7H,3H2,(H,15,16). The highest BCUT2D eigenvalue weighted by atomic mass is 19.4. The second kappa shape index (κ2) is 3.47. The summed E-state index contributed by atoms with van der Waals surface area (Å²) < 4.78 is 37.7. The summed E-state index contributed by atoms with van der Waals surface area (Å²) in [5.74, 6) is -2.27. The van der Waals surface area contributed by atoms with E-state index < -0.39 is 29.5 Å². The van der Waals surface area contributed by atoms with E-state index in [1.165, 1.54) is 12.3 Å². The van der Waals surface area contributed by atoms with Crippen molar-refractivity contribution >= 4 is 5.97 Å². The van der Waals surface area contributed by atoms with E-state index >= 15 is 0 Å². The SMILES string of the molecule is O=C(O)C1CC1c1ccncc1C(F)(F)F. The van der Waals surface area contributed by atoms with E-state index in [2.05, 4.69) is 4.98 Å². The normalized spacial score (nSPS) is 24.2. The van der Waals surface area contributed by atoms with Crippen molar-refractivity contribution in [2.45, 2.75) is 18.5 Å². The van der Waals surface area contributed by atoms with Gasteiger partial charge in [-0.15, -0.1) is 0 Å². The molecule has 0 spiro atoms.